The van der Waals surface area contributed by atoms with E-state index in [0.717, 1.165) is 33.7 Å². The Morgan fingerprint density at radius 3 is 2.65 bits per heavy atom. The number of hydrogen-bond acceptors (Lipinski definition) is 3. The molecule has 0 spiro atoms. The van der Waals surface area contributed by atoms with Gasteiger partial charge in [-0.3, -0.25) is 0 Å². The minimum absolute atomic E-state index is 0.408. The van der Waals surface area contributed by atoms with Gasteiger partial charge in [0.25, 0.3) is 0 Å². The number of methoxy groups -OCH3 is 1. The van der Waals surface area contributed by atoms with E-state index >= 15 is 0 Å². The summed E-state index contributed by atoms with van der Waals surface area (Å²) < 4.78 is 12.4. The van der Waals surface area contributed by atoms with Crippen LogP contribution in [-0.2, 0) is 6.61 Å². The summed E-state index contributed by atoms with van der Waals surface area (Å²) in [6.07, 6.45) is 3.67. The summed E-state index contributed by atoms with van der Waals surface area (Å²) in [5.41, 5.74) is 1.97. The molecule has 26 heavy (non-hydrogen) atoms. The third kappa shape index (κ3) is 4.70. The number of piperidine rings is 1. The average molecular weight is 455 g/mol. The summed E-state index contributed by atoms with van der Waals surface area (Å²) in [7, 11) is 1.64. The van der Waals surface area contributed by atoms with Gasteiger partial charge in [-0.15, -0.1) is 0 Å². The van der Waals surface area contributed by atoms with Crippen LogP contribution < -0.4 is 9.47 Å². The number of benzene rings is 2. The molecule has 0 saturated carbocycles. The molecule has 0 aliphatic carbocycles. The van der Waals surface area contributed by atoms with E-state index in [9.17, 15) is 0 Å². The molecular formula is C20H21BrClNO2S. The molecule has 0 aromatic heterocycles. The maximum Gasteiger partial charge on any atom is 0.175 e. The minimum Gasteiger partial charge on any atom is -0.493 e. The second-order valence-electron chi connectivity index (χ2n) is 6.26. The molecular weight excluding hydrogens is 434 g/mol. The number of likely N-dealkylation sites (tertiary alicyclic amines) is 1. The van der Waals surface area contributed by atoms with E-state index in [4.69, 9.17) is 33.3 Å². The van der Waals surface area contributed by atoms with Crippen molar-refractivity contribution in [1.29, 1.82) is 0 Å². The summed E-state index contributed by atoms with van der Waals surface area (Å²) >= 11 is 15.3. The van der Waals surface area contributed by atoms with Gasteiger partial charge in [-0.05, 0) is 65.0 Å². The maximum atomic E-state index is 6.04. The molecule has 3 nitrogen and oxygen atoms in total. The Hall–Kier alpha value is -1.30. The van der Waals surface area contributed by atoms with Crippen LogP contribution in [0.1, 0.15) is 30.4 Å². The molecule has 0 amide bonds. The highest BCUT2D eigenvalue weighted by Gasteiger charge is 2.19. The van der Waals surface area contributed by atoms with Gasteiger partial charge in [0.1, 0.15) is 11.6 Å². The summed E-state index contributed by atoms with van der Waals surface area (Å²) in [6.45, 7) is 2.45. The largest absolute Gasteiger partial charge is 0.493 e. The fourth-order valence-corrected chi connectivity index (χ4v) is 4.12. The number of halogens is 2. The van der Waals surface area contributed by atoms with Gasteiger partial charge >= 0.3 is 0 Å². The van der Waals surface area contributed by atoms with Crippen LogP contribution in [0.4, 0.5) is 0 Å². The number of nitrogens with zero attached hydrogens (tertiary/aromatic N) is 1. The molecule has 0 bridgehead atoms. The lowest BCUT2D eigenvalue weighted by Gasteiger charge is -2.29. The smallest absolute Gasteiger partial charge is 0.175 e. The normalized spacial score (nSPS) is 14.2. The molecule has 138 valence electrons. The number of ether oxygens (including phenoxy) is 2. The Morgan fingerprint density at radius 1 is 1.19 bits per heavy atom. The van der Waals surface area contributed by atoms with Gasteiger partial charge in [0.05, 0.1) is 11.6 Å². The third-order valence-electron chi connectivity index (χ3n) is 4.39. The lowest BCUT2D eigenvalue weighted by Crippen LogP contribution is -2.34. The first kappa shape index (κ1) is 19.5. The summed E-state index contributed by atoms with van der Waals surface area (Å²) in [5.74, 6) is 1.33. The highest BCUT2D eigenvalue weighted by atomic mass is 79.9. The predicted molar refractivity (Wildman–Crippen MR) is 114 cm³/mol. The van der Waals surface area contributed by atoms with Crippen LogP contribution in [0.25, 0.3) is 0 Å². The zero-order valence-electron chi connectivity index (χ0n) is 14.6. The third-order valence-corrected chi connectivity index (χ3v) is 5.71. The molecule has 1 heterocycles. The van der Waals surface area contributed by atoms with Crippen LogP contribution >= 0.6 is 39.7 Å². The van der Waals surface area contributed by atoms with Crippen molar-refractivity contribution in [3.05, 3.63) is 57.0 Å². The Bertz CT molecular complexity index is 793. The fourth-order valence-electron chi connectivity index (χ4n) is 3.05. The Balaban J connectivity index is 1.79. The number of hydrogen-bond donors (Lipinski definition) is 0. The van der Waals surface area contributed by atoms with Crippen LogP contribution in [0.3, 0.4) is 0 Å². The highest BCUT2D eigenvalue weighted by molar-refractivity contribution is 9.10. The topological polar surface area (TPSA) is 21.7 Å². The van der Waals surface area contributed by atoms with Crippen molar-refractivity contribution >= 4 is 44.7 Å². The predicted octanol–water partition coefficient (Wildman–Crippen LogP) is 5.85. The van der Waals surface area contributed by atoms with Crippen molar-refractivity contribution in [2.24, 2.45) is 0 Å². The number of rotatable bonds is 5. The Morgan fingerprint density at radius 2 is 1.96 bits per heavy atom. The van der Waals surface area contributed by atoms with Crippen LogP contribution in [-0.4, -0.2) is 30.1 Å². The lowest BCUT2D eigenvalue weighted by atomic mass is 10.1. The lowest BCUT2D eigenvalue weighted by molar-refractivity contribution is 0.282. The summed E-state index contributed by atoms with van der Waals surface area (Å²) in [5, 5.41) is 0.694. The minimum atomic E-state index is 0.408. The molecule has 0 radical (unpaired) electrons. The van der Waals surface area contributed by atoms with Crippen molar-refractivity contribution in [3.8, 4) is 11.5 Å². The van der Waals surface area contributed by atoms with Crippen molar-refractivity contribution in [1.82, 2.24) is 4.90 Å². The zero-order valence-corrected chi connectivity index (χ0v) is 17.8. The molecule has 1 aliphatic heterocycles. The van der Waals surface area contributed by atoms with Crippen LogP contribution in [0.2, 0.25) is 5.02 Å². The van der Waals surface area contributed by atoms with E-state index in [1.807, 2.05) is 36.4 Å². The van der Waals surface area contributed by atoms with Crippen molar-refractivity contribution in [2.45, 2.75) is 25.9 Å². The van der Waals surface area contributed by atoms with E-state index in [0.29, 0.717) is 23.1 Å². The van der Waals surface area contributed by atoms with Gasteiger partial charge in [0.15, 0.2) is 11.5 Å². The zero-order chi connectivity index (χ0) is 18.5. The molecule has 2 aromatic rings. The molecule has 1 aliphatic rings. The molecule has 0 atom stereocenters. The summed E-state index contributed by atoms with van der Waals surface area (Å²) in [4.78, 5) is 3.14. The first-order chi connectivity index (χ1) is 12.6. The molecule has 3 rings (SSSR count). The van der Waals surface area contributed by atoms with Gasteiger partial charge in [-0.1, -0.05) is 36.0 Å². The van der Waals surface area contributed by atoms with E-state index in [1.165, 1.54) is 19.3 Å². The molecule has 6 heteroatoms. The standard InChI is InChI=1S/C20H21BrClNO2S/c1-24-18-12-15(20(26)23-8-3-2-4-9-23)11-17(21)19(18)25-13-14-6-5-7-16(22)10-14/h5-7,10-12H,2-4,8-9,13H2,1H3. The molecule has 0 unspecified atom stereocenters. The SMILES string of the molecule is COc1cc(C(=S)N2CCCCC2)cc(Br)c1OCc1cccc(Cl)c1. The van der Waals surface area contributed by atoms with Gasteiger partial charge < -0.3 is 14.4 Å². The number of thiocarbonyl (C=S) groups is 1. The van der Waals surface area contributed by atoms with E-state index in [-0.39, 0.29) is 0 Å². The molecule has 2 aromatic carbocycles. The van der Waals surface area contributed by atoms with E-state index < -0.39 is 0 Å². The maximum absolute atomic E-state index is 6.04. The summed E-state index contributed by atoms with van der Waals surface area (Å²) in [6, 6.07) is 11.6. The average Bonchev–Trinajstić information content (AvgIpc) is 2.66. The second kappa shape index (κ2) is 9.07. The van der Waals surface area contributed by atoms with E-state index in [2.05, 4.69) is 20.8 Å². The van der Waals surface area contributed by atoms with Crippen molar-refractivity contribution < 1.29 is 9.47 Å². The quantitative estimate of drug-likeness (QED) is 0.528. The Labute approximate surface area is 173 Å². The first-order valence-electron chi connectivity index (χ1n) is 8.62. The molecule has 1 saturated heterocycles. The second-order valence-corrected chi connectivity index (χ2v) is 7.94. The van der Waals surface area contributed by atoms with Gasteiger partial charge in [0.2, 0.25) is 0 Å². The molecule has 0 N–H and O–H groups in total. The van der Waals surface area contributed by atoms with Gasteiger partial charge in [-0.25, -0.2) is 0 Å². The van der Waals surface area contributed by atoms with Gasteiger partial charge in [0, 0.05) is 23.7 Å². The van der Waals surface area contributed by atoms with Crippen molar-refractivity contribution in [2.75, 3.05) is 20.2 Å². The van der Waals surface area contributed by atoms with Crippen molar-refractivity contribution in [3.63, 3.8) is 0 Å². The van der Waals surface area contributed by atoms with Crippen LogP contribution in [0.15, 0.2) is 40.9 Å². The van der Waals surface area contributed by atoms with Gasteiger partial charge in [-0.2, -0.15) is 0 Å². The monoisotopic (exact) mass is 453 g/mol. The van der Waals surface area contributed by atoms with E-state index in [1.54, 1.807) is 7.11 Å². The Kier molecular flexibility index (Phi) is 6.79. The first-order valence-corrected chi connectivity index (χ1v) is 10.2. The fraction of sp³-hybridized carbons (Fsp3) is 0.350. The van der Waals surface area contributed by atoms with Crippen LogP contribution in [0, 0.1) is 0 Å². The molecule has 1 fully saturated rings. The van der Waals surface area contributed by atoms with Crippen LogP contribution in [0.5, 0.6) is 11.5 Å². The highest BCUT2D eigenvalue weighted by Crippen LogP contribution is 2.38.